The van der Waals surface area contributed by atoms with Crippen LogP contribution >= 0.6 is 0 Å². The quantitative estimate of drug-likeness (QED) is 0.183. The lowest BCUT2D eigenvalue weighted by Crippen LogP contribution is -2.11. The molecule has 0 N–H and O–H groups in total. The second-order valence-corrected chi connectivity index (χ2v) is 11.3. The topological polar surface area (TPSA) is 21.1 Å². The maximum atomic E-state index is 5.00. The molecule has 0 aliphatic heterocycles. The van der Waals surface area contributed by atoms with Crippen LogP contribution in [0.2, 0.25) is 0 Å². The molecule has 0 amide bonds. The van der Waals surface area contributed by atoms with Gasteiger partial charge in [0.25, 0.3) is 0 Å². The third kappa shape index (κ3) is 4.85. The number of imidazole rings is 1. The van der Waals surface area contributed by atoms with Crippen molar-refractivity contribution in [2.75, 3.05) is 4.90 Å². The van der Waals surface area contributed by atoms with Crippen molar-refractivity contribution >= 4 is 61.8 Å². The molecular formula is C42H31N3. The van der Waals surface area contributed by atoms with Gasteiger partial charge in [-0.25, -0.2) is 4.98 Å². The molecule has 7 aromatic carbocycles. The maximum Gasteiger partial charge on any atom is 0.138 e. The van der Waals surface area contributed by atoms with Crippen LogP contribution in [0, 0.1) is 6.92 Å². The van der Waals surface area contributed by atoms with E-state index in [1.807, 2.05) is 6.07 Å². The lowest BCUT2D eigenvalue weighted by molar-refractivity contribution is 1.05. The number of anilines is 3. The van der Waals surface area contributed by atoms with E-state index >= 15 is 0 Å². The van der Waals surface area contributed by atoms with Crippen LogP contribution in [0.15, 0.2) is 158 Å². The molecule has 0 radical (unpaired) electrons. The zero-order valence-electron chi connectivity index (χ0n) is 25.0. The lowest BCUT2D eigenvalue weighted by atomic mass is 9.99. The minimum Gasteiger partial charge on any atom is -0.309 e. The Kier molecular flexibility index (Phi) is 6.69. The Morgan fingerprint density at radius 2 is 1.16 bits per heavy atom. The predicted molar refractivity (Wildman–Crippen MR) is 191 cm³/mol. The SMILES string of the molecule is Cc1ccccc1-n1c(C=Cc2ccc(N(c3ccccc3)c3c4ccccc4cc4ccccc34)cc2)nc2ccccc21. The smallest absolute Gasteiger partial charge is 0.138 e. The minimum atomic E-state index is 0.905. The summed E-state index contributed by atoms with van der Waals surface area (Å²) in [6, 6.07) is 55.9. The molecule has 0 aliphatic carbocycles. The molecule has 1 aromatic heterocycles. The fraction of sp³-hybridized carbons (Fsp3) is 0.0238. The molecule has 0 unspecified atom stereocenters. The summed E-state index contributed by atoms with van der Waals surface area (Å²) in [5.74, 6) is 0.905. The zero-order chi connectivity index (χ0) is 30.2. The van der Waals surface area contributed by atoms with Gasteiger partial charge in [0, 0.05) is 22.1 Å². The van der Waals surface area contributed by atoms with Gasteiger partial charge in [-0.15, -0.1) is 0 Å². The van der Waals surface area contributed by atoms with Gasteiger partial charge in [0.2, 0.25) is 0 Å². The molecule has 3 nitrogen and oxygen atoms in total. The molecule has 0 atom stereocenters. The van der Waals surface area contributed by atoms with Crippen LogP contribution in [-0.4, -0.2) is 9.55 Å². The Balaban J connectivity index is 1.23. The van der Waals surface area contributed by atoms with E-state index in [2.05, 4.69) is 180 Å². The van der Waals surface area contributed by atoms with Gasteiger partial charge in [0.15, 0.2) is 0 Å². The highest BCUT2D eigenvalue weighted by atomic mass is 15.1. The third-order valence-electron chi connectivity index (χ3n) is 8.50. The summed E-state index contributed by atoms with van der Waals surface area (Å²) in [4.78, 5) is 7.38. The van der Waals surface area contributed by atoms with Gasteiger partial charge in [-0.2, -0.15) is 0 Å². The van der Waals surface area contributed by atoms with Crippen molar-refractivity contribution in [2.45, 2.75) is 6.92 Å². The standard InChI is InChI=1S/C42H31N3/c1-30-13-5-11-21-39(30)45-40-22-12-10-20-38(40)43-41(45)28-25-31-23-26-35(27-24-31)44(34-16-3-2-4-17-34)42-36-18-8-6-14-32(36)29-33-15-7-9-19-37(33)42/h2-29H,1H3. The monoisotopic (exact) mass is 577 g/mol. The van der Waals surface area contributed by atoms with Crippen LogP contribution in [-0.2, 0) is 0 Å². The van der Waals surface area contributed by atoms with Gasteiger partial charge in [0.05, 0.1) is 22.4 Å². The molecular weight excluding hydrogens is 546 g/mol. The van der Waals surface area contributed by atoms with Gasteiger partial charge in [-0.1, -0.05) is 115 Å². The van der Waals surface area contributed by atoms with Crippen LogP contribution in [0.25, 0.3) is 50.4 Å². The van der Waals surface area contributed by atoms with Crippen molar-refractivity contribution in [3.05, 3.63) is 175 Å². The summed E-state index contributed by atoms with van der Waals surface area (Å²) in [7, 11) is 0. The van der Waals surface area contributed by atoms with Gasteiger partial charge in [-0.3, -0.25) is 4.57 Å². The Labute approximate surface area is 263 Å². The minimum absolute atomic E-state index is 0.905. The number of benzene rings is 7. The first-order valence-corrected chi connectivity index (χ1v) is 15.3. The average Bonchev–Trinajstić information content (AvgIpc) is 3.46. The summed E-state index contributed by atoms with van der Waals surface area (Å²) in [6.07, 6.45) is 4.27. The summed E-state index contributed by atoms with van der Waals surface area (Å²) in [5.41, 5.74) is 8.95. The Hall–Kier alpha value is -5.93. The first-order valence-electron chi connectivity index (χ1n) is 15.3. The number of rotatable bonds is 6. The van der Waals surface area contributed by atoms with Crippen molar-refractivity contribution in [1.29, 1.82) is 0 Å². The first-order chi connectivity index (χ1) is 22.2. The number of hydrogen-bond acceptors (Lipinski definition) is 2. The zero-order valence-corrected chi connectivity index (χ0v) is 25.0. The van der Waals surface area contributed by atoms with E-state index < -0.39 is 0 Å². The highest BCUT2D eigenvalue weighted by molar-refractivity contribution is 6.14. The summed E-state index contributed by atoms with van der Waals surface area (Å²) >= 11 is 0. The van der Waals surface area contributed by atoms with Gasteiger partial charge >= 0.3 is 0 Å². The van der Waals surface area contributed by atoms with Crippen LogP contribution in [0.4, 0.5) is 17.1 Å². The molecule has 1 heterocycles. The average molecular weight is 578 g/mol. The van der Waals surface area contributed by atoms with Crippen molar-refractivity contribution in [3.8, 4) is 5.69 Å². The number of aromatic nitrogens is 2. The molecule has 0 bridgehead atoms. The van der Waals surface area contributed by atoms with E-state index in [0.29, 0.717) is 0 Å². The summed E-state index contributed by atoms with van der Waals surface area (Å²) in [5, 5.41) is 4.89. The molecule has 0 aliphatic rings. The largest absolute Gasteiger partial charge is 0.309 e. The molecule has 8 aromatic rings. The van der Waals surface area contributed by atoms with E-state index in [0.717, 1.165) is 39.5 Å². The highest BCUT2D eigenvalue weighted by Gasteiger charge is 2.18. The third-order valence-corrected chi connectivity index (χ3v) is 8.50. The number of fused-ring (bicyclic) bond motifs is 3. The molecule has 0 saturated heterocycles. The first kappa shape index (κ1) is 26.7. The second-order valence-electron chi connectivity index (χ2n) is 11.3. The van der Waals surface area contributed by atoms with Gasteiger partial charge in [-0.05, 0) is 83.4 Å². The number of nitrogens with zero attached hydrogens (tertiary/aromatic N) is 3. The van der Waals surface area contributed by atoms with Crippen molar-refractivity contribution < 1.29 is 0 Å². The predicted octanol–water partition coefficient (Wildman–Crippen LogP) is 11.3. The van der Waals surface area contributed by atoms with E-state index in [1.54, 1.807) is 0 Å². The van der Waals surface area contributed by atoms with E-state index in [9.17, 15) is 0 Å². The van der Waals surface area contributed by atoms with Crippen molar-refractivity contribution in [2.24, 2.45) is 0 Å². The normalized spacial score (nSPS) is 11.6. The molecule has 0 saturated carbocycles. The fourth-order valence-corrected chi connectivity index (χ4v) is 6.34. The van der Waals surface area contributed by atoms with E-state index in [1.165, 1.54) is 32.8 Å². The molecule has 0 fully saturated rings. The molecule has 0 spiro atoms. The summed E-state index contributed by atoms with van der Waals surface area (Å²) in [6.45, 7) is 2.15. The van der Waals surface area contributed by atoms with E-state index in [4.69, 9.17) is 4.98 Å². The number of aryl methyl sites for hydroxylation is 1. The number of hydrogen-bond donors (Lipinski definition) is 0. The maximum absolute atomic E-state index is 5.00. The van der Waals surface area contributed by atoms with Gasteiger partial charge in [0.1, 0.15) is 5.82 Å². The Bertz CT molecular complexity index is 2280. The van der Waals surface area contributed by atoms with E-state index in [-0.39, 0.29) is 0 Å². The van der Waals surface area contributed by atoms with Crippen molar-refractivity contribution in [1.82, 2.24) is 9.55 Å². The Morgan fingerprint density at radius 1 is 0.556 bits per heavy atom. The molecule has 214 valence electrons. The fourth-order valence-electron chi connectivity index (χ4n) is 6.34. The van der Waals surface area contributed by atoms with Crippen LogP contribution in [0.1, 0.15) is 17.0 Å². The molecule has 45 heavy (non-hydrogen) atoms. The lowest BCUT2D eigenvalue weighted by Gasteiger charge is -2.28. The highest BCUT2D eigenvalue weighted by Crippen LogP contribution is 2.43. The second kappa shape index (κ2) is 11.3. The van der Waals surface area contributed by atoms with Crippen LogP contribution in [0.3, 0.4) is 0 Å². The van der Waals surface area contributed by atoms with Gasteiger partial charge < -0.3 is 4.90 Å². The Morgan fingerprint density at radius 3 is 1.89 bits per heavy atom. The van der Waals surface area contributed by atoms with Crippen molar-refractivity contribution in [3.63, 3.8) is 0 Å². The molecule has 8 rings (SSSR count). The molecule has 3 heteroatoms. The number of para-hydroxylation sites is 4. The van der Waals surface area contributed by atoms with Crippen LogP contribution < -0.4 is 4.90 Å². The van der Waals surface area contributed by atoms with Crippen LogP contribution in [0.5, 0.6) is 0 Å². The summed E-state index contributed by atoms with van der Waals surface area (Å²) < 4.78 is 2.25.